The second-order valence-corrected chi connectivity index (χ2v) is 9.04. The van der Waals surface area contributed by atoms with Crippen LogP contribution >= 0.6 is 0 Å². The third kappa shape index (κ3) is 3.93. The van der Waals surface area contributed by atoms with Crippen molar-refractivity contribution in [1.82, 2.24) is 9.47 Å². The van der Waals surface area contributed by atoms with Crippen molar-refractivity contribution in [2.75, 3.05) is 44.0 Å². The Labute approximate surface area is 194 Å². The number of fused-ring (bicyclic) bond motifs is 2. The zero-order chi connectivity index (χ0) is 23.1. The molecule has 0 amide bonds. The number of rotatable bonds is 4. The van der Waals surface area contributed by atoms with Crippen LogP contribution in [0.25, 0.3) is 11.1 Å². The Hall–Kier alpha value is -3.45. The molecule has 2 aliphatic rings. The van der Waals surface area contributed by atoms with Gasteiger partial charge in [0.15, 0.2) is 5.84 Å². The van der Waals surface area contributed by atoms with E-state index in [9.17, 15) is 4.39 Å². The van der Waals surface area contributed by atoms with E-state index in [1.54, 1.807) is 12.1 Å². The normalized spacial score (nSPS) is 19.1. The van der Waals surface area contributed by atoms with Gasteiger partial charge in [-0.15, -0.1) is 5.10 Å². The first kappa shape index (κ1) is 21.4. The van der Waals surface area contributed by atoms with Crippen LogP contribution in [0.1, 0.15) is 17.7 Å². The van der Waals surface area contributed by atoms with Crippen LogP contribution in [-0.4, -0.2) is 62.3 Å². The molecule has 3 heterocycles. The molecule has 170 valence electrons. The Morgan fingerprint density at radius 1 is 1.06 bits per heavy atom. The highest BCUT2D eigenvalue weighted by Crippen LogP contribution is 2.34. The maximum Gasteiger partial charge on any atom is 0.179 e. The summed E-state index contributed by atoms with van der Waals surface area (Å²) in [5.41, 5.74) is 6.52. The van der Waals surface area contributed by atoms with Crippen LogP contribution in [0.4, 0.5) is 15.8 Å². The number of hydrogen-bond acceptors (Lipinski definition) is 4. The molecule has 0 bridgehead atoms. The smallest absolute Gasteiger partial charge is 0.179 e. The molecule has 0 radical (unpaired) electrons. The highest BCUT2D eigenvalue weighted by atomic mass is 19.1. The summed E-state index contributed by atoms with van der Waals surface area (Å²) in [7, 11) is 6.32. The van der Waals surface area contributed by atoms with Crippen molar-refractivity contribution in [1.29, 1.82) is 0 Å². The number of amidine groups is 1. The molecule has 1 saturated heterocycles. The van der Waals surface area contributed by atoms with Crippen LogP contribution in [0.15, 0.2) is 64.9 Å². The molecule has 7 heteroatoms. The van der Waals surface area contributed by atoms with Crippen LogP contribution in [-0.2, 0) is 6.54 Å². The number of anilines is 2. The average Bonchev–Trinajstić information content (AvgIpc) is 3.44. The van der Waals surface area contributed by atoms with Gasteiger partial charge in [-0.25, -0.2) is 4.39 Å². The Bertz CT molecular complexity index is 1210. The molecule has 3 aromatic rings. The first-order valence-electron chi connectivity index (χ1n) is 11.2. The van der Waals surface area contributed by atoms with Crippen molar-refractivity contribution in [2.24, 2.45) is 10.2 Å². The van der Waals surface area contributed by atoms with Gasteiger partial charge in [-0.2, -0.15) is 5.10 Å². The Balaban J connectivity index is 1.55. The monoisotopic (exact) mass is 444 g/mol. The molecule has 0 unspecified atom stereocenters. The zero-order valence-electron chi connectivity index (χ0n) is 19.4. The van der Waals surface area contributed by atoms with E-state index in [-0.39, 0.29) is 5.82 Å². The average molecular weight is 445 g/mol. The van der Waals surface area contributed by atoms with Gasteiger partial charge in [-0.3, -0.25) is 0 Å². The van der Waals surface area contributed by atoms with Gasteiger partial charge < -0.3 is 19.3 Å². The molecule has 0 spiro atoms. The van der Waals surface area contributed by atoms with Crippen LogP contribution in [0.2, 0.25) is 0 Å². The number of aromatic nitrogens is 1. The van der Waals surface area contributed by atoms with Gasteiger partial charge in [0.25, 0.3) is 0 Å². The second-order valence-electron chi connectivity index (χ2n) is 9.04. The summed E-state index contributed by atoms with van der Waals surface area (Å²) in [6.45, 7) is 6.40. The summed E-state index contributed by atoms with van der Waals surface area (Å²) in [4.78, 5) is 6.86. The van der Waals surface area contributed by atoms with Gasteiger partial charge in [-0.1, -0.05) is 12.1 Å². The van der Waals surface area contributed by atoms with E-state index in [0.29, 0.717) is 12.6 Å². The number of nitrogens with zero attached hydrogens (tertiary/aromatic N) is 6. The maximum absolute atomic E-state index is 13.4. The lowest BCUT2D eigenvalue weighted by molar-refractivity contribution is 0.315. The summed E-state index contributed by atoms with van der Waals surface area (Å²) >= 11 is 0. The first-order valence-corrected chi connectivity index (χ1v) is 11.2. The Kier molecular flexibility index (Phi) is 5.50. The van der Waals surface area contributed by atoms with Crippen molar-refractivity contribution < 1.29 is 4.39 Å². The van der Waals surface area contributed by atoms with E-state index in [0.717, 1.165) is 41.4 Å². The van der Waals surface area contributed by atoms with Gasteiger partial charge in [-0.05, 0) is 68.0 Å². The number of hydrogen-bond donors (Lipinski definition) is 0. The van der Waals surface area contributed by atoms with Crippen molar-refractivity contribution in [2.45, 2.75) is 19.0 Å². The second kappa shape index (κ2) is 8.48. The molecule has 2 aromatic carbocycles. The molecule has 1 atom stereocenters. The van der Waals surface area contributed by atoms with E-state index in [4.69, 9.17) is 0 Å². The fourth-order valence-corrected chi connectivity index (χ4v) is 4.90. The molecule has 0 N–H and O–H groups in total. The van der Waals surface area contributed by atoms with Crippen molar-refractivity contribution in [3.63, 3.8) is 0 Å². The van der Waals surface area contributed by atoms with Crippen LogP contribution < -0.4 is 9.80 Å². The summed E-state index contributed by atoms with van der Waals surface area (Å²) in [5.74, 6) is 0.496. The fourth-order valence-electron chi connectivity index (χ4n) is 4.90. The van der Waals surface area contributed by atoms with Gasteiger partial charge in [0.2, 0.25) is 0 Å². The van der Waals surface area contributed by atoms with Crippen LogP contribution in [0.3, 0.4) is 0 Å². The lowest BCUT2D eigenvalue weighted by Crippen LogP contribution is -2.31. The minimum absolute atomic E-state index is 0.239. The molecule has 1 aromatic heterocycles. The Morgan fingerprint density at radius 3 is 2.55 bits per heavy atom. The molecule has 2 aliphatic heterocycles. The van der Waals surface area contributed by atoms with E-state index < -0.39 is 0 Å². The summed E-state index contributed by atoms with van der Waals surface area (Å²) in [6.07, 6.45) is 3.28. The van der Waals surface area contributed by atoms with Gasteiger partial charge in [0.05, 0.1) is 5.69 Å². The van der Waals surface area contributed by atoms with E-state index in [2.05, 4.69) is 80.7 Å². The van der Waals surface area contributed by atoms with Gasteiger partial charge in [0.1, 0.15) is 5.82 Å². The predicted molar refractivity (Wildman–Crippen MR) is 134 cm³/mol. The van der Waals surface area contributed by atoms with Gasteiger partial charge >= 0.3 is 0 Å². The zero-order valence-corrected chi connectivity index (χ0v) is 19.4. The SMILES string of the molecule is C=N/N=C1/c2cc(-c3ccc(F)cc3)cn2Cc2cc(N3CC[C@H](N(C)C)C3)ccc2N1C. The van der Waals surface area contributed by atoms with E-state index >= 15 is 0 Å². The molecule has 1 fully saturated rings. The minimum atomic E-state index is -0.239. The summed E-state index contributed by atoms with van der Waals surface area (Å²) in [5, 5.41) is 8.22. The quantitative estimate of drug-likeness (QED) is 0.445. The van der Waals surface area contributed by atoms with Crippen molar-refractivity contribution in [3.8, 4) is 11.1 Å². The number of benzene rings is 2. The highest BCUT2D eigenvalue weighted by Gasteiger charge is 2.27. The summed E-state index contributed by atoms with van der Waals surface area (Å²) < 4.78 is 15.6. The molecule has 6 nitrogen and oxygen atoms in total. The molecular weight excluding hydrogens is 415 g/mol. The Morgan fingerprint density at radius 2 is 1.85 bits per heavy atom. The molecule has 0 aliphatic carbocycles. The van der Waals surface area contributed by atoms with Crippen molar-refractivity contribution >= 4 is 23.9 Å². The fraction of sp³-hybridized carbons (Fsp3) is 0.308. The third-order valence-corrected chi connectivity index (χ3v) is 6.81. The lowest BCUT2D eigenvalue weighted by Gasteiger charge is -2.24. The third-order valence-electron chi connectivity index (χ3n) is 6.81. The van der Waals surface area contributed by atoms with Crippen LogP contribution in [0.5, 0.6) is 0 Å². The largest absolute Gasteiger partial charge is 0.370 e. The van der Waals surface area contributed by atoms with Gasteiger partial charge in [0, 0.05) is 62.6 Å². The molecule has 5 rings (SSSR count). The standard InChI is InChI=1S/C26H29FN6/c1-28-29-26-25-14-19(18-5-7-21(27)8-6-18)15-33(25)16-20-13-22(9-10-24(20)31(26)4)32-12-11-23(17-32)30(2)3/h5-10,13-15,23H,1,11-12,16-17H2,2-4H3/b29-26-/t23-/m0/s1. The van der Waals surface area contributed by atoms with Crippen molar-refractivity contribution in [3.05, 3.63) is 71.8 Å². The molecule has 0 saturated carbocycles. The first-order chi connectivity index (χ1) is 15.9. The maximum atomic E-state index is 13.4. The minimum Gasteiger partial charge on any atom is -0.370 e. The summed E-state index contributed by atoms with van der Waals surface area (Å²) in [6, 6.07) is 15.9. The number of likely N-dealkylation sites (N-methyl/N-ethyl adjacent to an activating group) is 1. The van der Waals surface area contributed by atoms with Crippen LogP contribution in [0, 0.1) is 5.82 Å². The lowest BCUT2D eigenvalue weighted by atomic mass is 10.1. The van der Waals surface area contributed by atoms with E-state index in [1.165, 1.54) is 29.8 Å². The topological polar surface area (TPSA) is 39.4 Å². The highest BCUT2D eigenvalue weighted by molar-refractivity contribution is 6.10. The number of halogens is 1. The predicted octanol–water partition coefficient (Wildman–Crippen LogP) is 4.29. The van der Waals surface area contributed by atoms with E-state index in [1.807, 2.05) is 7.05 Å². The molecular formula is C26H29FN6. The molecule has 33 heavy (non-hydrogen) atoms.